The summed E-state index contributed by atoms with van der Waals surface area (Å²) in [4.78, 5) is 27.7. The Labute approximate surface area is 132 Å². The molecule has 0 unspecified atom stereocenters. The molecule has 0 saturated heterocycles. The first-order valence-corrected chi connectivity index (χ1v) is 7.23. The average molecular weight is 306 g/mol. The number of rotatable bonds is 3. The minimum Gasteiger partial charge on any atom is -0.507 e. The van der Waals surface area contributed by atoms with Gasteiger partial charge in [-0.05, 0) is 11.0 Å². The fourth-order valence-electron chi connectivity index (χ4n) is 2.29. The van der Waals surface area contributed by atoms with E-state index in [1.165, 1.54) is 9.80 Å². The van der Waals surface area contributed by atoms with E-state index in [0.717, 1.165) is 0 Å². The molecule has 0 heterocycles. The number of phenolic OH excluding ortho intramolecular Hbond substituents is 1. The molecule has 5 nitrogen and oxygen atoms in total. The van der Waals surface area contributed by atoms with E-state index < -0.39 is 5.92 Å². The molecule has 0 aliphatic carbocycles. The number of carbonyl (C=O) groups is 2. The van der Waals surface area contributed by atoms with Crippen molar-refractivity contribution in [3.8, 4) is 5.75 Å². The zero-order valence-electron chi connectivity index (χ0n) is 14.5. The third kappa shape index (κ3) is 3.59. The number of aromatic hydroxyl groups is 1. The van der Waals surface area contributed by atoms with E-state index in [1.54, 1.807) is 40.3 Å². The highest BCUT2D eigenvalue weighted by Crippen LogP contribution is 2.37. The highest BCUT2D eigenvalue weighted by molar-refractivity contribution is 6.06. The van der Waals surface area contributed by atoms with Gasteiger partial charge in [0.1, 0.15) is 11.7 Å². The van der Waals surface area contributed by atoms with Gasteiger partial charge >= 0.3 is 0 Å². The number of carbonyl (C=O) groups excluding carboxylic acids is 2. The van der Waals surface area contributed by atoms with Crippen LogP contribution in [0.25, 0.3) is 0 Å². The Morgan fingerprint density at radius 2 is 1.45 bits per heavy atom. The molecule has 2 amide bonds. The fourth-order valence-corrected chi connectivity index (χ4v) is 2.29. The van der Waals surface area contributed by atoms with Gasteiger partial charge in [-0.25, -0.2) is 0 Å². The van der Waals surface area contributed by atoms with Crippen molar-refractivity contribution in [2.75, 3.05) is 28.2 Å². The fraction of sp³-hybridized carbons (Fsp3) is 0.529. The quantitative estimate of drug-likeness (QED) is 0.868. The number of amides is 2. The smallest absolute Gasteiger partial charge is 0.239 e. The van der Waals surface area contributed by atoms with Crippen molar-refractivity contribution in [2.24, 2.45) is 0 Å². The first kappa shape index (κ1) is 18.0. The summed E-state index contributed by atoms with van der Waals surface area (Å²) in [6, 6.07) is 5.22. The van der Waals surface area contributed by atoms with Gasteiger partial charge in [-0.15, -0.1) is 0 Å². The number of benzene rings is 1. The van der Waals surface area contributed by atoms with Crippen molar-refractivity contribution >= 4 is 11.8 Å². The summed E-state index contributed by atoms with van der Waals surface area (Å²) < 4.78 is 0. The van der Waals surface area contributed by atoms with Crippen LogP contribution in [0.4, 0.5) is 0 Å². The van der Waals surface area contributed by atoms with Gasteiger partial charge in [0, 0.05) is 33.8 Å². The maximum absolute atomic E-state index is 12.5. The second-order valence-electron chi connectivity index (χ2n) is 6.89. The molecule has 22 heavy (non-hydrogen) atoms. The number of likely N-dealkylation sites (N-methyl/N-ethyl adjacent to an activating group) is 2. The van der Waals surface area contributed by atoms with Crippen LogP contribution in [0, 0.1) is 0 Å². The predicted octanol–water partition coefficient (Wildman–Crippen LogP) is 1.95. The van der Waals surface area contributed by atoms with Crippen LogP contribution in [0.15, 0.2) is 18.2 Å². The lowest BCUT2D eigenvalue weighted by Crippen LogP contribution is -2.38. The topological polar surface area (TPSA) is 60.9 Å². The molecule has 1 rings (SSSR count). The third-order valence-electron chi connectivity index (χ3n) is 3.56. The van der Waals surface area contributed by atoms with Crippen LogP contribution in [-0.2, 0) is 15.0 Å². The number of nitrogens with zero attached hydrogens (tertiary/aromatic N) is 2. The largest absolute Gasteiger partial charge is 0.507 e. The van der Waals surface area contributed by atoms with E-state index in [4.69, 9.17) is 0 Å². The lowest BCUT2D eigenvalue weighted by Gasteiger charge is -2.27. The Bertz CT molecular complexity index is 552. The predicted molar refractivity (Wildman–Crippen MR) is 86.9 cm³/mol. The van der Waals surface area contributed by atoms with Crippen LogP contribution in [0.5, 0.6) is 5.75 Å². The van der Waals surface area contributed by atoms with Gasteiger partial charge in [0.05, 0.1) is 0 Å². The van der Waals surface area contributed by atoms with Crippen LogP contribution < -0.4 is 0 Å². The summed E-state index contributed by atoms with van der Waals surface area (Å²) >= 11 is 0. The molecule has 0 aliphatic heterocycles. The molecule has 0 spiro atoms. The standard InChI is InChI=1S/C17H26N2O3/c1-17(2,3)12-10-8-9-11(14(12)20)13(15(21)18(4)5)16(22)19(6)7/h8-10,13,20H,1-7H3. The van der Waals surface area contributed by atoms with E-state index in [0.29, 0.717) is 11.1 Å². The molecule has 0 saturated carbocycles. The Morgan fingerprint density at radius 1 is 1.00 bits per heavy atom. The number of phenols is 1. The Kier molecular flexibility index (Phi) is 5.22. The van der Waals surface area contributed by atoms with E-state index in [1.807, 2.05) is 26.8 Å². The maximum Gasteiger partial charge on any atom is 0.239 e. The van der Waals surface area contributed by atoms with Crippen LogP contribution >= 0.6 is 0 Å². The van der Waals surface area contributed by atoms with Crippen LogP contribution in [0.3, 0.4) is 0 Å². The summed E-state index contributed by atoms with van der Waals surface area (Å²) in [5.41, 5.74) is 0.783. The molecule has 0 bridgehead atoms. The highest BCUT2D eigenvalue weighted by Gasteiger charge is 2.34. The summed E-state index contributed by atoms with van der Waals surface area (Å²) in [6.07, 6.45) is 0. The van der Waals surface area contributed by atoms with Crippen molar-refractivity contribution in [1.29, 1.82) is 0 Å². The molecule has 0 aromatic heterocycles. The van der Waals surface area contributed by atoms with Crippen molar-refractivity contribution in [3.05, 3.63) is 29.3 Å². The Hall–Kier alpha value is -2.04. The van der Waals surface area contributed by atoms with Crippen molar-refractivity contribution < 1.29 is 14.7 Å². The van der Waals surface area contributed by atoms with E-state index in [9.17, 15) is 14.7 Å². The first-order valence-electron chi connectivity index (χ1n) is 7.23. The monoisotopic (exact) mass is 306 g/mol. The normalized spacial score (nSPS) is 11.5. The molecular formula is C17H26N2O3. The first-order chi connectivity index (χ1) is 9.98. The van der Waals surface area contributed by atoms with Gasteiger partial charge in [-0.1, -0.05) is 39.0 Å². The minimum absolute atomic E-state index is 0.0189. The molecule has 0 atom stereocenters. The summed E-state index contributed by atoms with van der Waals surface area (Å²) in [5.74, 6) is -1.71. The zero-order chi connectivity index (χ0) is 17.2. The number of hydrogen-bond donors (Lipinski definition) is 1. The van der Waals surface area contributed by atoms with E-state index >= 15 is 0 Å². The molecule has 0 fully saturated rings. The molecule has 122 valence electrons. The van der Waals surface area contributed by atoms with E-state index in [-0.39, 0.29) is 23.0 Å². The van der Waals surface area contributed by atoms with Crippen LogP contribution in [0.2, 0.25) is 0 Å². The number of hydrogen-bond acceptors (Lipinski definition) is 3. The van der Waals surface area contributed by atoms with Crippen LogP contribution in [0.1, 0.15) is 37.8 Å². The van der Waals surface area contributed by atoms with Crippen LogP contribution in [-0.4, -0.2) is 54.9 Å². The van der Waals surface area contributed by atoms with E-state index in [2.05, 4.69) is 0 Å². The highest BCUT2D eigenvalue weighted by atomic mass is 16.3. The van der Waals surface area contributed by atoms with Gasteiger partial charge < -0.3 is 14.9 Å². The second kappa shape index (κ2) is 6.38. The third-order valence-corrected chi connectivity index (χ3v) is 3.56. The molecule has 1 aromatic carbocycles. The summed E-state index contributed by atoms with van der Waals surface area (Å²) in [5, 5.41) is 10.6. The second-order valence-corrected chi connectivity index (χ2v) is 6.89. The van der Waals surface area contributed by atoms with Gasteiger partial charge in [-0.2, -0.15) is 0 Å². The molecule has 1 N–H and O–H groups in total. The van der Waals surface area contributed by atoms with Crippen molar-refractivity contribution in [1.82, 2.24) is 9.80 Å². The lowest BCUT2D eigenvalue weighted by atomic mass is 9.83. The SMILES string of the molecule is CN(C)C(=O)C(C(=O)N(C)C)c1cccc(C(C)(C)C)c1O. The Morgan fingerprint density at radius 3 is 1.82 bits per heavy atom. The Balaban J connectivity index is 3.51. The zero-order valence-corrected chi connectivity index (χ0v) is 14.5. The summed E-state index contributed by atoms with van der Waals surface area (Å²) in [7, 11) is 6.40. The van der Waals surface area contributed by atoms with Crippen molar-refractivity contribution in [2.45, 2.75) is 32.1 Å². The molecular weight excluding hydrogens is 280 g/mol. The number of para-hydroxylation sites is 1. The molecule has 5 heteroatoms. The molecule has 0 aliphatic rings. The molecule has 1 aromatic rings. The maximum atomic E-state index is 12.5. The van der Waals surface area contributed by atoms with Gasteiger partial charge in [-0.3, -0.25) is 9.59 Å². The molecule has 0 radical (unpaired) electrons. The minimum atomic E-state index is -1.03. The lowest BCUT2D eigenvalue weighted by molar-refractivity contribution is -0.140. The average Bonchev–Trinajstić information content (AvgIpc) is 2.38. The summed E-state index contributed by atoms with van der Waals surface area (Å²) in [6.45, 7) is 5.92. The van der Waals surface area contributed by atoms with Gasteiger partial charge in [0.15, 0.2) is 0 Å². The van der Waals surface area contributed by atoms with Gasteiger partial charge in [0.25, 0.3) is 0 Å². The van der Waals surface area contributed by atoms with Gasteiger partial charge in [0.2, 0.25) is 11.8 Å². The van der Waals surface area contributed by atoms with Crippen molar-refractivity contribution in [3.63, 3.8) is 0 Å².